The third-order valence-electron chi connectivity index (χ3n) is 3.18. The number of benzene rings is 1. The number of furan rings is 1. The zero-order valence-corrected chi connectivity index (χ0v) is 13.4. The molecule has 2 aromatic rings. The van der Waals surface area contributed by atoms with Crippen LogP contribution in [0.4, 0.5) is 5.69 Å². The molecule has 8 heteroatoms. The van der Waals surface area contributed by atoms with Crippen molar-refractivity contribution in [2.45, 2.75) is 11.4 Å². The predicted molar refractivity (Wildman–Crippen MR) is 84.1 cm³/mol. The van der Waals surface area contributed by atoms with Crippen LogP contribution >= 0.6 is 0 Å². The van der Waals surface area contributed by atoms with Gasteiger partial charge in [0.1, 0.15) is 10.7 Å². The van der Waals surface area contributed by atoms with Crippen molar-refractivity contribution in [1.29, 1.82) is 5.26 Å². The number of nitriles is 1. The molecule has 0 unspecified atom stereocenters. The van der Waals surface area contributed by atoms with Gasteiger partial charge in [-0.15, -0.1) is 0 Å². The van der Waals surface area contributed by atoms with Crippen molar-refractivity contribution in [3.63, 3.8) is 0 Å². The largest absolute Gasteiger partial charge is 0.468 e. The van der Waals surface area contributed by atoms with E-state index in [1.54, 1.807) is 12.1 Å². The summed E-state index contributed by atoms with van der Waals surface area (Å²) in [5, 5.41) is 20.7. The number of aliphatic hydroxyl groups excluding tert-OH is 1. The molecule has 1 heterocycles. The molecule has 7 nitrogen and oxygen atoms in total. The van der Waals surface area contributed by atoms with Crippen molar-refractivity contribution >= 4 is 15.7 Å². The van der Waals surface area contributed by atoms with Crippen LogP contribution in [0.1, 0.15) is 11.3 Å². The van der Waals surface area contributed by atoms with Crippen LogP contribution in [0.25, 0.3) is 0 Å². The van der Waals surface area contributed by atoms with Gasteiger partial charge in [-0.05, 0) is 30.3 Å². The van der Waals surface area contributed by atoms with E-state index in [2.05, 4.69) is 5.32 Å². The van der Waals surface area contributed by atoms with Crippen LogP contribution in [0.2, 0.25) is 0 Å². The van der Waals surface area contributed by atoms with Crippen LogP contribution in [-0.2, 0) is 16.6 Å². The fourth-order valence-corrected chi connectivity index (χ4v) is 3.31. The maximum Gasteiger partial charge on any atom is 0.245 e. The van der Waals surface area contributed by atoms with Gasteiger partial charge >= 0.3 is 0 Å². The minimum Gasteiger partial charge on any atom is -0.468 e. The Kier molecular flexibility index (Phi) is 5.39. The van der Waals surface area contributed by atoms with E-state index in [-0.39, 0.29) is 30.3 Å². The minimum absolute atomic E-state index is 0.0407. The SMILES string of the molecule is CN(Cc1ccco1)S(=O)(=O)c1ccc(C#N)cc1NCCO. The molecular formula is C15H17N3O4S. The highest BCUT2D eigenvalue weighted by Crippen LogP contribution is 2.26. The van der Waals surface area contributed by atoms with Gasteiger partial charge in [-0.1, -0.05) is 0 Å². The molecule has 0 aliphatic heterocycles. The molecule has 0 saturated heterocycles. The van der Waals surface area contributed by atoms with Crippen LogP contribution in [0, 0.1) is 11.3 Å². The van der Waals surface area contributed by atoms with E-state index in [4.69, 9.17) is 14.8 Å². The molecule has 23 heavy (non-hydrogen) atoms. The first-order valence-corrected chi connectivity index (χ1v) is 8.30. The Bertz CT molecular complexity index is 795. The number of anilines is 1. The van der Waals surface area contributed by atoms with E-state index in [0.717, 1.165) is 4.31 Å². The molecule has 0 spiro atoms. The van der Waals surface area contributed by atoms with Gasteiger partial charge in [-0.2, -0.15) is 9.57 Å². The Morgan fingerprint density at radius 2 is 2.17 bits per heavy atom. The lowest BCUT2D eigenvalue weighted by molar-refractivity contribution is 0.311. The topological polar surface area (TPSA) is 107 Å². The lowest BCUT2D eigenvalue weighted by atomic mass is 10.2. The van der Waals surface area contributed by atoms with Crippen molar-refractivity contribution < 1.29 is 17.9 Å². The summed E-state index contributed by atoms with van der Waals surface area (Å²) >= 11 is 0. The van der Waals surface area contributed by atoms with Gasteiger partial charge in [0.05, 0.1) is 36.7 Å². The third-order valence-corrected chi connectivity index (χ3v) is 5.04. The number of nitrogens with zero attached hydrogens (tertiary/aromatic N) is 2. The summed E-state index contributed by atoms with van der Waals surface area (Å²) in [6.45, 7) is 0.118. The second-order valence-corrected chi connectivity index (χ2v) is 6.83. The molecule has 2 rings (SSSR count). The number of sulfonamides is 1. The average Bonchev–Trinajstić information content (AvgIpc) is 3.05. The lowest BCUT2D eigenvalue weighted by Gasteiger charge is -2.19. The average molecular weight is 335 g/mol. The van der Waals surface area contributed by atoms with Gasteiger partial charge < -0.3 is 14.8 Å². The van der Waals surface area contributed by atoms with Gasteiger partial charge in [0.25, 0.3) is 0 Å². The maximum absolute atomic E-state index is 12.7. The number of hydrogen-bond donors (Lipinski definition) is 2. The van der Waals surface area contributed by atoms with Gasteiger partial charge in [0.2, 0.25) is 10.0 Å². The second kappa shape index (κ2) is 7.28. The molecule has 0 radical (unpaired) electrons. The highest BCUT2D eigenvalue weighted by molar-refractivity contribution is 7.89. The fourth-order valence-electron chi connectivity index (χ4n) is 2.03. The zero-order chi connectivity index (χ0) is 16.9. The van der Waals surface area contributed by atoms with Crippen molar-refractivity contribution in [1.82, 2.24) is 4.31 Å². The number of aliphatic hydroxyl groups is 1. The predicted octanol–water partition coefficient (Wildman–Crippen LogP) is 1.38. The lowest BCUT2D eigenvalue weighted by Crippen LogP contribution is -2.27. The summed E-state index contributed by atoms with van der Waals surface area (Å²) in [5.41, 5.74) is 0.613. The molecule has 0 bridgehead atoms. The van der Waals surface area contributed by atoms with E-state index in [9.17, 15) is 8.42 Å². The van der Waals surface area contributed by atoms with Crippen LogP contribution in [0.5, 0.6) is 0 Å². The molecule has 0 fully saturated rings. The number of rotatable bonds is 7. The van der Waals surface area contributed by atoms with Crippen molar-refractivity contribution in [3.05, 3.63) is 47.9 Å². The number of nitrogens with one attached hydrogen (secondary N) is 1. The minimum atomic E-state index is -3.78. The third kappa shape index (κ3) is 3.90. The summed E-state index contributed by atoms with van der Waals surface area (Å²) < 4.78 is 31.8. The molecule has 1 aromatic heterocycles. The first-order chi connectivity index (χ1) is 11.0. The maximum atomic E-state index is 12.7. The summed E-state index contributed by atoms with van der Waals surface area (Å²) in [6, 6.07) is 9.61. The summed E-state index contributed by atoms with van der Waals surface area (Å²) in [7, 11) is -2.33. The molecule has 0 aliphatic carbocycles. The van der Waals surface area contributed by atoms with Gasteiger partial charge in [0.15, 0.2) is 0 Å². The Balaban J connectivity index is 2.35. The smallest absolute Gasteiger partial charge is 0.245 e. The van der Waals surface area contributed by atoms with Crippen LogP contribution in [0.15, 0.2) is 45.9 Å². The first-order valence-electron chi connectivity index (χ1n) is 6.86. The Hall–Kier alpha value is -2.34. The standard InChI is InChI=1S/C15H17N3O4S/c1-18(11-13-3-2-8-22-13)23(20,21)15-5-4-12(10-16)9-14(15)17-6-7-19/h2-5,8-9,17,19H,6-7,11H2,1H3. The zero-order valence-electron chi connectivity index (χ0n) is 12.6. The van der Waals surface area contributed by atoms with Crippen LogP contribution in [-0.4, -0.2) is 38.0 Å². The molecule has 2 N–H and O–H groups in total. The molecule has 122 valence electrons. The van der Waals surface area contributed by atoms with Crippen molar-refractivity contribution in [3.8, 4) is 6.07 Å². The molecule has 0 saturated carbocycles. The second-order valence-electron chi connectivity index (χ2n) is 4.81. The van der Waals surface area contributed by atoms with E-state index in [1.807, 2.05) is 6.07 Å². The normalized spacial score (nSPS) is 11.4. The van der Waals surface area contributed by atoms with Gasteiger partial charge in [0, 0.05) is 13.6 Å². The van der Waals surface area contributed by atoms with E-state index < -0.39 is 10.0 Å². The van der Waals surface area contributed by atoms with Crippen LogP contribution < -0.4 is 5.32 Å². The summed E-state index contributed by atoms with van der Waals surface area (Å²) in [5.74, 6) is 0.523. The fraction of sp³-hybridized carbons (Fsp3) is 0.267. The first kappa shape index (κ1) is 17.0. The highest BCUT2D eigenvalue weighted by atomic mass is 32.2. The van der Waals surface area contributed by atoms with Gasteiger partial charge in [-0.25, -0.2) is 8.42 Å². The quantitative estimate of drug-likeness (QED) is 0.791. The van der Waals surface area contributed by atoms with Gasteiger partial charge in [-0.3, -0.25) is 0 Å². The van der Waals surface area contributed by atoms with E-state index >= 15 is 0 Å². The van der Waals surface area contributed by atoms with E-state index in [0.29, 0.717) is 11.3 Å². The van der Waals surface area contributed by atoms with Crippen molar-refractivity contribution in [2.75, 3.05) is 25.5 Å². The van der Waals surface area contributed by atoms with Crippen molar-refractivity contribution in [2.24, 2.45) is 0 Å². The summed E-state index contributed by atoms with van der Waals surface area (Å²) in [4.78, 5) is 0.0407. The summed E-state index contributed by atoms with van der Waals surface area (Å²) in [6.07, 6.45) is 1.48. The van der Waals surface area contributed by atoms with E-state index in [1.165, 1.54) is 31.5 Å². The molecule has 0 aliphatic rings. The Morgan fingerprint density at radius 3 is 2.78 bits per heavy atom. The Morgan fingerprint density at radius 1 is 1.39 bits per heavy atom. The molecule has 1 aromatic carbocycles. The van der Waals surface area contributed by atoms with Crippen LogP contribution in [0.3, 0.4) is 0 Å². The number of hydrogen-bond acceptors (Lipinski definition) is 6. The molecular weight excluding hydrogens is 318 g/mol. The molecule has 0 atom stereocenters. The Labute approximate surface area is 134 Å². The monoisotopic (exact) mass is 335 g/mol. The molecule has 0 amide bonds. The highest BCUT2D eigenvalue weighted by Gasteiger charge is 2.25.